The van der Waals surface area contributed by atoms with Gasteiger partial charge in [0.15, 0.2) is 5.82 Å². The quantitative estimate of drug-likeness (QED) is 0.718. The number of hydrogen-bond donors (Lipinski definition) is 0. The van der Waals surface area contributed by atoms with E-state index in [-0.39, 0.29) is 0 Å². The highest BCUT2D eigenvalue weighted by molar-refractivity contribution is 5.52. The molecule has 0 radical (unpaired) electrons. The Hall–Kier alpha value is -2.69. The van der Waals surface area contributed by atoms with Crippen LogP contribution in [0, 0.1) is 0 Å². The second-order valence-corrected chi connectivity index (χ2v) is 3.87. The zero-order valence-corrected chi connectivity index (χ0v) is 10.4. The molecule has 3 rings (SSSR count). The average molecular weight is 252 g/mol. The van der Waals surface area contributed by atoms with Crippen molar-refractivity contribution in [2.24, 2.45) is 0 Å². The normalized spacial score (nSPS) is 10.4. The van der Waals surface area contributed by atoms with Gasteiger partial charge in [-0.15, -0.1) is 0 Å². The van der Waals surface area contributed by atoms with Crippen molar-refractivity contribution in [1.82, 2.24) is 19.5 Å². The number of imidazole rings is 1. The van der Waals surface area contributed by atoms with Gasteiger partial charge in [-0.2, -0.15) is 4.98 Å². The maximum absolute atomic E-state index is 5.14. The van der Waals surface area contributed by atoms with E-state index in [0.717, 1.165) is 17.3 Å². The van der Waals surface area contributed by atoms with E-state index < -0.39 is 0 Å². The molecule has 0 saturated carbocycles. The molecule has 0 atom stereocenters. The third-order valence-electron chi connectivity index (χ3n) is 2.70. The van der Waals surface area contributed by atoms with E-state index in [1.54, 1.807) is 25.6 Å². The van der Waals surface area contributed by atoms with Crippen LogP contribution in [0.5, 0.6) is 5.88 Å². The molecule has 0 aliphatic carbocycles. The fourth-order valence-electron chi connectivity index (χ4n) is 1.82. The Kier molecular flexibility index (Phi) is 2.94. The monoisotopic (exact) mass is 252 g/mol. The summed E-state index contributed by atoms with van der Waals surface area (Å²) in [6.07, 6.45) is 5.32. The smallest absolute Gasteiger partial charge is 0.214 e. The van der Waals surface area contributed by atoms with Gasteiger partial charge in [0.05, 0.1) is 7.11 Å². The van der Waals surface area contributed by atoms with E-state index in [1.807, 2.05) is 41.1 Å². The molecular weight excluding hydrogens is 240 g/mol. The van der Waals surface area contributed by atoms with Gasteiger partial charge in [0, 0.05) is 24.7 Å². The van der Waals surface area contributed by atoms with Gasteiger partial charge in [-0.05, 0) is 18.2 Å². The zero-order chi connectivity index (χ0) is 13.1. The van der Waals surface area contributed by atoms with Crippen LogP contribution in [-0.2, 0) is 0 Å². The first-order chi connectivity index (χ1) is 9.38. The van der Waals surface area contributed by atoms with Crippen molar-refractivity contribution in [2.75, 3.05) is 7.11 Å². The topological polar surface area (TPSA) is 52.8 Å². The van der Waals surface area contributed by atoms with Gasteiger partial charge in [-0.3, -0.25) is 9.55 Å². The molecule has 0 aliphatic heterocycles. The molecule has 3 heterocycles. The Labute approximate surface area is 110 Å². The van der Waals surface area contributed by atoms with Crippen LogP contribution >= 0.6 is 0 Å². The van der Waals surface area contributed by atoms with Gasteiger partial charge in [-0.25, -0.2) is 4.98 Å². The van der Waals surface area contributed by atoms with E-state index in [9.17, 15) is 0 Å². The minimum absolute atomic E-state index is 0.568. The zero-order valence-electron chi connectivity index (χ0n) is 10.4. The number of pyridine rings is 2. The summed E-state index contributed by atoms with van der Waals surface area (Å²) < 4.78 is 7.02. The molecule has 3 aromatic rings. The summed E-state index contributed by atoms with van der Waals surface area (Å²) in [5.41, 5.74) is 0.803. The Balaban J connectivity index is 2.09. The van der Waals surface area contributed by atoms with E-state index in [0.29, 0.717) is 5.88 Å². The van der Waals surface area contributed by atoms with Crippen molar-refractivity contribution in [2.45, 2.75) is 0 Å². The maximum Gasteiger partial charge on any atom is 0.214 e. The molecular formula is C14H12N4O. The SMILES string of the molecule is COc1cccc(-n2ccnc2-c2ccccn2)n1. The van der Waals surface area contributed by atoms with Crippen molar-refractivity contribution in [3.63, 3.8) is 0 Å². The minimum Gasteiger partial charge on any atom is -0.481 e. The summed E-state index contributed by atoms with van der Waals surface area (Å²) in [5, 5.41) is 0. The first kappa shape index (κ1) is 11.4. The van der Waals surface area contributed by atoms with Gasteiger partial charge < -0.3 is 4.74 Å². The largest absolute Gasteiger partial charge is 0.481 e. The second-order valence-electron chi connectivity index (χ2n) is 3.87. The van der Waals surface area contributed by atoms with E-state index in [1.165, 1.54) is 0 Å². The van der Waals surface area contributed by atoms with Crippen molar-refractivity contribution in [1.29, 1.82) is 0 Å². The lowest BCUT2D eigenvalue weighted by Crippen LogP contribution is -2.01. The number of rotatable bonds is 3. The highest BCUT2D eigenvalue weighted by atomic mass is 16.5. The third-order valence-corrected chi connectivity index (χ3v) is 2.70. The molecule has 0 amide bonds. The Bertz CT molecular complexity index is 679. The van der Waals surface area contributed by atoms with Crippen LogP contribution in [0.1, 0.15) is 0 Å². The third kappa shape index (κ3) is 2.18. The molecule has 94 valence electrons. The van der Waals surface area contributed by atoms with E-state index in [2.05, 4.69) is 15.0 Å². The van der Waals surface area contributed by atoms with Gasteiger partial charge in [0.2, 0.25) is 5.88 Å². The minimum atomic E-state index is 0.568. The van der Waals surface area contributed by atoms with Crippen LogP contribution in [0.2, 0.25) is 0 Å². The van der Waals surface area contributed by atoms with Crippen LogP contribution < -0.4 is 4.74 Å². The van der Waals surface area contributed by atoms with Crippen LogP contribution in [0.15, 0.2) is 55.0 Å². The lowest BCUT2D eigenvalue weighted by molar-refractivity contribution is 0.397. The van der Waals surface area contributed by atoms with E-state index in [4.69, 9.17) is 4.74 Å². The van der Waals surface area contributed by atoms with Gasteiger partial charge in [0.25, 0.3) is 0 Å². The molecule has 5 nitrogen and oxygen atoms in total. The van der Waals surface area contributed by atoms with Crippen LogP contribution in [0.3, 0.4) is 0 Å². The van der Waals surface area contributed by atoms with E-state index >= 15 is 0 Å². The van der Waals surface area contributed by atoms with Crippen LogP contribution in [-0.4, -0.2) is 26.6 Å². The van der Waals surface area contributed by atoms with Crippen LogP contribution in [0.4, 0.5) is 0 Å². The first-order valence-electron chi connectivity index (χ1n) is 5.84. The molecule has 19 heavy (non-hydrogen) atoms. The molecule has 3 aromatic heterocycles. The van der Waals surface area contributed by atoms with Gasteiger partial charge in [0.1, 0.15) is 11.5 Å². The van der Waals surface area contributed by atoms with Gasteiger partial charge >= 0.3 is 0 Å². The molecule has 0 unspecified atom stereocenters. The average Bonchev–Trinajstić information content (AvgIpc) is 2.98. The molecule has 5 heteroatoms. The van der Waals surface area contributed by atoms with Crippen LogP contribution in [0.25, 0.3) is 17.3 Å². The Morgan fingerprint density at radius 1 is 1.00 bits per heavy atom. The molecule has 0 fully saturated rings. The number of methoxy groups -OCH3 is 1. The van der Waals surface area contributed by atoms with Gasteiger partial charge in [-0.1, -0.05) is 12.1 Å². The molecule has 0 N–H and O–H groups in total. The molecule has 0 saturated heterocycles. The standard InChI is InChI=1S/C14H12N4O/c1-19-13-7-4-6-12(17-13)18-10-9-16-14(18)11-5-2-3-8-15-11/h2-10H,1H3. The molecule has 0 aliphatic rings. The lowest BCUT2D eigenvalue weighted by Gasteiger charge is -2.07. The van der Waals surface area contributed by atoms with Crippen molar-refractivity contribution < 1.29 is 4.74 Å². The fraction of sp³-hybridized carbons (Fsp3) is 0.0714. The summed E-state index contributed by atoms with van der Waals surface area (Å²) >= 11 is 0. The fourth-order valence-corrected chi connectivity index (χ4v) is 1.82. The Morgan fingerprint density at radius 2 is 1.95 bits per heavy atom. The number of hydrogen-bond acceptors (Lipinski definition) is 4. The van der Waals surface area contributed by atoms with Crippen molar-refractivity contribution in [3.8, 4) is 23.2 Å². The number of aromatic nitrogens is 4. The second kappa shape index (κ2) is 4.89. The first-order valence-corrected chi connectivity index (χ1v) is 5.84. The lowest BCUT2D eigenvalue weighted by atomic mass is 10.3. The Morgan fingerprint density at radius 3 is 2.74 bits per heavy atom. The summed E-state index contributed by atoms with van der Waals surface area (Å²) in [5.74, 6) is 2.07. The molecule has 0 aromatic carbocycles. The van der Waals surface area contributed by atoms with Crippen molar-refractivity contribution in [3.05, 3.63) is 55.0 Å². The predicted molar refractivity (Wildman–Crippen MR) is 71.1 cm³/mol. The predicted octanol–water partition coefficient (Wildman–Crippen LogP) is 2.34. The summed E-state index contributed by atoms with van der Waals surface area (Å²) in [6.45, 7) is 0. The highest BCUT2D eigenvalue weighted by Gasteiger charge is 2.09. The molecule has 0 bridgehead atoms. The molecule has 0 spiro atoms. The summed E-state index contributed by atoms with van der Waals surface area (Å²) in [4.78, 5) is 13.0. The number of ether oxygens (including phenoxy) is 1. The van der Waals surface area contributed by atoms with Crippen molar-refractivity contribution >= 4 is 0 Å². The number of nitrogens with zero attached hydrogens (tertiary/aromatic N) is 4. The maximum atomic E-state index is 5.14. The highest BCUT2D eigenvalue weighted by Crippen LogP contribution is 2.19. The summed E-state index contributed by atoms with van der Waals surface area (Å²) in [7, 11) is 1.60. The summed E-state index contributed by atoms with van der Waals surface area (Å²) in [6, 6.07) is 11.3.